The Hall–Kier alpha value is -2.36. The molecule has 0 bridgehead atoms. The van der Waals surface area contributed by atoms with E-state index in [1.54, 1.807) is 19.9 Å². The third-order valence-electron chi connectivity index (χ3n) is 5.14. The van der Waals surface area contributed by atoms with Crippen LogP contribution in [0, 0.1) is 11.3 Å². The molecule has 1 N–H and O–H groups in total. The van der Waals surface area contributed by atoms with Crippen molar-refractivity contribution >= 4 is 10.0 Å². The van der Waals surface area contributed by atoms with Gasteiger partial charge in [-0.05, 0) is 62.4 Å². The van der Waals surface area contributed by atoms with Crippen molar-refractivity contribution in [2.24, 2.45) is 0 Å². The molecule has 2 aromatic rings. The molecule has 0 heterocycles. The van der Waals surface area contributed by atoms with E-state index in [4.69, 9.17) is 4.74 Å². The minimum Gasteiger partial charge on any atom is -0.489 e. The van der Waals surface area contributed by atoms with Crippen LogP contribution in [0.5, 0.6) is 5.75 Å². The number of nitrogens with one attached hydrogen (secondary N) is 1. The summed E-state index contributed by atoms with van der Waals surface area (Å²) in [6.07, 6.45) is 3.45. The van der Waals surface area contributed by atoms with Crippen LogP contribution in [0.1, 0.15) is 45.1 Å². The molecule has 0 unspecified atom stereocenters. The lowest BCUT2D eigenvalue weighted by molar-refractivity contribution is 0.124. The Morgan fingerprint density at radius 2 is 1.75 bits per heavy atom. The zero-order chi connectivity index (χ0) is 20.1. The molecule has 0 spiro atoms. The first-order valence-corrected chi connectivity index (χ1v) is 11.2. The molecule has 0 saturated heterocycles. The van der Waals surface area contributed by atoms with Gasteiger partial charge in [0, 0.05) is 0 Å². The first-order valence-electron chi connectivity index (χ1n) is 9.68. The minimum absolute atomic E-state index is 0.181. The zero-order valence-electron chi connectivity index (χ0n) is 16.3. The van der Waals surface area contributed by atoms with Crippen molar-refractivity contribution < 1.29 is 13.2 Å². The third-order valence-corrected chi connectivity index (χ3v) is 7.01. The maximum atomic E-state index is 12.3. The van der Waals surface area contributed by atoms with E-state index in [0.717, 1.165) is 36.8 Å². The van der Waals surface area contributed by atoms with Crippen LogP contribution in [0.25, 0.3) is 11.1 Å². The van der Waals surface area contributed by atoms with Gasteiger partial charge in [0.15, 0.2) is 0 Å². The monoisotopic (exact) mass is 398 g/mol. The number of nitriles is 1. The van der Waals surface area contributed by atoms with Crippen molar-refractivity contribution in [1.29, 1.82) is 5.26 Å². The van der Waals surface area contributed by atoms with Gasteiger partial charge in [-0.1, -0.05) is 36.8 Å². The second-order valence-electron chi connectivity index (χ2n) is 7.44. The maximum absolute atomic E-state index is 12.3. The van der Waals surface area contributed by atoms with Crippen LogP contribution in [-0.2, 0) is 10.0 Å². The van der Waals surface area contributed by atoms with E-state index < -0.39 is 15.3 Å². The van der Waals surface area contributed by atoms with Gasteiger partial charge in [-0.3, -0.25) is 0 Å². The van der Waals surface area contributed by atoms with Gasteiger partial charge < -0.3 is 4.74 Å². The molecule has 6 heteroatoms. The van der Waals surface area contributed by atoms with Crippen molar-refractivity contribution in [3.05, 3.63) is 54.1 Å². The maximum Gasteiger partial charge on any atom is 0.214 e. The van der Waals surface area contributed by atoms with Crippen molar-refractivity contribution in [3.8, 4) is 22.9 Å². The summed E-state index contributed by atoms with van der Waals surface area (Å²) in [5.41, 5.74) is 2.47. The smallest absolute Gasteiger partial charge is 0.214 e. The number of nitrogens with zero attached hydrogens (tertiary/aromatic N) is 1. The average molecular weight is 399 g/mol. The number of hydrogen-bond acceptors (Lipinski definition) is 4. The molecule has 0 amide bonds. The molecule has 1 aliphatic carbocycles. The summed E-state index contributed by atoms with van der Waals surface area (Å²) in [6.45, 7) is 3.36. The number of ether oxygens (including phenoxy) is 1. The fourth-order valence-corrected chi connectivity index (χ4v) is 4.40. The normalized spacial score (nSPS) is 19.9. The molecule has 0 radical (unpaired) electrons. The highest BCUT2D eigenvalue weighted by atomic mass is 32.2. The molecule has 2 aromatic carbocycles. The van der Waals surface area contributed by atoms with E-state index in [9.17, 15) is 13.7 Å². The van der Waals surface area contributed by atoms with Gasteiger partial charge in [0.1, 0.15) is 11.9 Å². The summed E-state index contributed by atoms with van der Waals surface area (Å²) in [4.78, 5) is 0. The molecule has 148 valence electrons. The largest absolute Gasteiger partial charge is 0.489 e. The van der Waals surface area contributed by atoms with E-state index in [1.807, 2.05) is 42.5 Å². The summed E-state index contributed by atoms with van der Waals surface area (Å²) in [5, 5.41) is 8.82. The Morgan fingerprint density at radius 3 is 2.43 bits per heavy atom. The number of sulfonamides is 1. The second-order valence-corrected chi connectivity index (χ2v) is 9.71. The SMILES string of the molecule is CC(C)S(=O)(=O)N[C@H]1CCCC[C@H]1Oc1ccc(-c2ccccc2C#N)cc1. The molecule has 1 fully saturated rings. The number of rotatable bonds is 6. The lowest BCUT2D eigenvalue weighted by atomic mass is 9.93. The van der Waals surface area contributed by atoms with Gasteiger partial charge in [-0.25, -0.2) is 13.1 Å². The molecule has 1 saturated carbocycles. The zero-order valence-corrected chi connectivity index (χ0v) is 17.1. The Balaban J connectivity index is 1.74. The van der Waals surface area contributed by atoms with E-state index in [-0.39, 0.29) is 12.1 Å². The Labute approximate surface area is 167 Å². The van der Waals surface area contributed by atoms with Crippen molar-refractivity contribution in [2.75, 3.05) is 0 Å². The Bertz CT molecular complexity index is 946. The van der Waals surface area contributed by atoms with Crippen molar-refractivity contribution in [2.45, 2.75) is 56.9 Å². The summed E-state index contributed by atoms with van der Waals surface area (Å²) in [5.74, 6) is 0.707. The van der Waals surface area contributed by atoms with Crippen LogP contribution in [0.4, 0.5) is 0 Å². The fraction of sp³-hybridized carbons (Fsp3) is 0.409. The van der Waals surface area contributed by atoms with Gasteiger partial charge in [0.2, 0.25) is 10.0 Å². The van der Waals surface area contributed by atoms with Crippen LogP contribution < -0.4 is 9.46 Å². The molecule has 5 nitrogen and oxygen atoms in total. The highest BCUT2D eigenvalue weighted by molar-refractivity contribution is 7.90. The van der Waals surface area contributed by atoms with E-state index in [2.05, 4.69) is 10.8 Å². The Kier molecular flexibility index (Phi) is 6.38. The van der Waals surface area contributed by atoms with Crippen LogP contribution in [0.3, 0.4) is 0 Å². The molecule has 1 aliphatic rings. The van der Waals surface area contributed by atoms with Crippen LogP contribution >= 0.6 is 0 Å². The summed E-state index contributed by atoms with van der Waals surface area (Å²) in [6, 6.07) is 17.1. The quantitative estimate of drug-likeness (QED) is 0.789. The summed E-state index contributed by atoms with van der Waals surface area (Å²) in [7, 11) is -3.33. The Morgan fingerprint density at radius 1 is 1.07 bits per heavy atom. The summed E-state index contributed by atoms with van der Waals surface area (Å²) >= 11 is 0. The first kappa shape index (κ1) is 20.4. The lowest BCUT2D eigenvalue weighted by Crippen LogP contribution is -2.49. The predicted molar refractivity (Wildman–Crippen MR) is 110 cm³/mol. The number of hydrogen-bond donors (Lipinski definition) is 1. The predicted octanol–water partition coefficient (Wildman–Crippen LogP) is 4.24. The first-order chi connectivity index (χ1) is 13.4. The van der Waals surface area contributed by atoms with Gasteiger partial charge in [-0.2, -0.15) is 5.26 Å². The molecule has 0 aliphatic heterocycles. The molecular formula is C22H26N2O3S. The lowest BCUT2D eigenvalue weighted by Gasteiger charge is -2.32. The highest BCUT2D eigenvalue weighted by Gasteiger charge is 2.31. The van der Waals surface area contributed by atoms with E-state index in [0.29, 0.717) is 11.3 Å². The topological polar surface area (TPSA) is 79.2 Å². The van der Waals surface area contributed by atoms with E-state index in [1.165, 1.54) is 0 Å². The molecular weight excluding hydrogens is 372 g/mol. The highest BCUT2D eigenvalue weighted by Crippen LogP contribution is 2.28. The molecule has 3 rings (SSSR count). The van der Waals surface area contributed by atoms with Gasteiger partial charge in [-0.15, -0.1) is 0 Å². The van der Waals surface area contributed by atoms with E-state index >= 15 is 0 Å². The molecule has 2 atom stereocenters. The van der Waals surface area contributed by atoms with Crippen LogP contribution in [0.2, 0.25) is 0 Å². The second kappa shape index (κ2) is 8.76. The van der Waals surface area contributed by atoms with Crippen LogP contribution in [0.15, 0.2) is 48.5 Å². The van der Waals surface area contributed by atoms with Crippen molar-refractivity contribution in [3.63, 3.8) is 0 Å². The van der Waals surface area contributed by atoms with Gasteiger partial charge in [0.25, 0.3) is 0 Å². The van der Waals surface area contributed by atoms with Gasteiger partial charge >= 0.3 is 0 Å². The minimum atomic E-state index is -3.33. The molecule has 0 aromatic heterocycles. The van der Waals surface area contributed by atoms with Crippen LogP contribution in [-0.4, -0.2) is 25.8 Å². The standard InChI is InChI=1S/C22H26N2O3S/c1-16(2)28(25,26)24-21-9-5-6-10-22(21)27-19-13-11-17(12-14-19)20-8-4-3-7-18(20)15-23/h3-4,7-8,11-14,16,21-22,24H,5-6,9-10H2,1-2H3/t21-,22+/m0/s1. The average Bonchev–Trinajstić information content (AvgIpc) is 2.70. The number of benzene rings is 2. The molecule has 28 heavy (non-hydrogen) atoms. The summed E-state index contributed by atoms with van der Waals surface area (Å²) < 4.78 is 33.5. The van der Waals surface area contributed by atoms with Crippen molar-refractivity contribution in [1.82, 2.24) is 4.72 Å². The third kappa shape index (κ3) is 4.73. The fourth-order valence-electron chi connectivity index (χ4n) is 3.44. The van der Waals surface area contributed by atoms with Gasteiger partial charge in [0.05, 0.1) is 22.9 Å².